The summed E-state index contributed by atoms with van der Waals surface area (Å²) in [4.78, 5) is 4.52. The number of hydrogen-bond donors (Lipinski definition) is 0. The first kappa shape index (κ1) is 22.8. The molecule has 2 heterocycles. The lowest BCUT2D eigenvalue weighted by Gasteiger charge is -2.12. The van der Waals surface area contributed by atoms with Crippen LogP contribution in [0.25, 0.3) is 11.4 Å². The second-order valence-corrected chi connectivity index (χ2v) is 8.81. The fourth-order valence-electron chi connectivity index (χ4n) is 3.13. The van der Waals surface area contributed by atoms with Crippen LogP contribution < -0.4 is 9.47 Å². The number of nitrogens with zero attached hydrogens (tertiary/aromatic N) is 5. The smallest absolute Gasteiger partial charge is 0.237 e. The van der Waals surface area contributed by atoms with Crippen LogP contribution in [0.3, 0.4) is 0 Å². The molecule has 0 bridgehead atoms. The predicted molar refractivity (Wildman–Crippen MR) is 126 cm³/mol. The van der Waals surface area contributed by atoms with Gasteiger partial charge in [0.25, 0.3) is 0 Å². The number of ether oxygens (including phenoxy) is 2. The number of aromatic nitrogens is 5. The number of hydrogen-bond acceptors (Lipinski definition) is 8. The number of thioether (sulfide) groups is 1. The van der Waals surface area contributed by atoms with Crippen LogP contribution in [-0.2, 0) is 18.9 Å². The largest absolute Gasteiger partial charge is 0.497 e. The molecule has 2 aromatic carbocycles. The molecule has 0 spiro atoms. The quantitative estimate of drug-likeness (QED) is 0.277. The van der Waals surface area contributed by atoms with E-state index in [0.29, 0.717) is 30.0 Å². The first-order chi connectivity index (χ1) is 16.1. The summed E-state index contributed by atoms with van der Waals surface area (Å²) >= 11 is 1.52. The summed E-state index contributed by atoms with van der Waals surface area (Å²) in [5.41, 5.74) is 0.842. The lowest BCUT2D eigenvalue weighted by molar-refractivity contribution is 0.285. The van der Waals surface area contributed by atoms with Crippen LogP contribution in [0.2, 0.25) is 0 Å². The topological polar surface area (TPSA) is 88.1 Å². The first-order valence-electron chi connectivity index (χ1n) is 10.8. The summed E-state index contributed by atoms with van der Waals surface area (Å²) in [5, 5.41) is 13.7. The third kappa shape index (κ3) is 6.13. The van der Waals surface area contributed by atoms with E-state index in [4.69, 9.17) is 14.0 Å². The van der Waals surface area contributed by atoms with Crippen LogP contribution >= 0.6 is 11.8 Å². The van der Waals surface area contributed by atoms with Gasteiger partial charge in [-0.2, -0.15) is 4.98 Å². The monoisotopic (exact) mass is 465 g/mol. The molecule has 0 amide bonds. The van der Waals surface area contributed by atoms with Gasteiger partial charge in [-0.15, -0.1) is 10.2 Å². The predicted octanol–water partition coefficient (Wildman–Crippen LogP) is 5.25. The Morgan fingerprint density at radius 1 is 1.03 bits per heavy atom. The SMILES string of the molecule is COc1cccc(-c2noc(CSc3nnc(COc4ccccc4)n3CCC(C)C)n2)c1. The number of methoxy groups -OCH3 is 1. The minimum Gasteiger partial charge on any atom is -0.497 e. The third-order valence-electron chi connectivity index (χ3n) is 4.96. The molecular weight excluding hydrogens is 438 g/mol. The van der Waals surface area contributed by atoms with Crippen molar-refractivity contribution in [2.24, 2.45) is 5.92 Å². The third-order valence-corrected chi connectivity index (χ3v) is 5.91. The molecule has 0 saturated heterocycles. The Hall–Kier alpha value is -3.33. The van der Waals surface area contributed by atoms with E-state index >= 15 is 0 Å². The van der Waals surface area contributed by atoms with E-state index in [1.165, 1.54) is 11.8 Å². The Morgan fingerprint density at radius 3 is 2.64 bits per heavy atom. The van der Waals surface area contributed by atoms with Gasteiger partial charge in [-0.05, 0) is 36.6 Å². The fourth-order valence-corrected chi connectivity index (χ4v) is 3.95. The van der Waals surface area contributed by atoms with Gasteiger partial charge in [-0.1, -0.05) is 61.1 Å². The van der Waals surface area contributed by atoms with E-state index < -0.39 is 0 Å². The molecule has 0 saturated carbocycles. The second kappa shape index (κ2) is 11.0. The fraction of sp³-hybridized carbons (Fsp3) is 0.333. The lowest BCUT2D eigenvalue weighted by atomic mass is 10.1. The van der Waals surface area contributed by atoms with Gasteiger partial charge in [0.1, 0.15) is 18.1 Å². The molecule has 0 aliphatic carbocycles. The van der Waals surface area contributed by atoms with Crippen molar-refractivity contribution >= 4 is 11.8 Å². The van der Waals surface area contributed by atoms with Crippen molar-refractivity contribution in [3.05, 3.63) is 66.3 Å². The Balaban J connectivity index is 1.44. The Morgan fingerprint density at radius 2 is 1.85 bits per heavy atom. The number of para-hydroxylation sites is 1. The second-order valence-electron chi connectivity index (χ2n) is 7.87. The van der Waals surface area contributed by atoms with Gasteiger partial charge in [0.05, 0.1) is 12.9 Å². The highest BCUT2D eigenvalue weighted by atomic mass is 32.2. The molecule has 0 atom stereocenters. The number of rotatable bonds is 11. The summed E-state index contributed by atoms with van der Waals surface area (Å²) in [5.74, 6) is 4.47. The molecule has 0 aliphatic rings. The molecule has 0 radical (unpaired) electrons. The highest BCUT2D eigenvalue weighted by Gasteiger charge is 2.16. The van der Waals surface area contributed by atoms with Gasteiger partial charge in [0.2, 0.25) is 11.7 Å². The molecule has 0 N–H and O–H groups in total. The van der Waals surface area contributed by atoms with Crippen molar-refractivity contribution in [3.63, 3.8) is 0 Å². The lowest BCUT2D eigenvalue weighted by Crippen LogP contribution is -2.10. The maximum absolute atomic E-state index is 5.90. The van der Waals surface area contributed by atoms with E-state index in [1.54, 1.807) is 7.11 Å². The maximum Gasteiger partial charge on any atom is 0.237 e. The number of benzene rings is 2. The molecule has 172 valence electrons. The minimum atomic E-state index is 0.357. The van der Waals surface area contributed by atoms with Crippen molar-refractivity contribution in [2.45, 2.75) is 44.3 Å². The zero-order chi connectivity index (χ0) is 23.0. The molecule has 4 rings (SSSR count). The zero-order valence-electron chi connectivity index (χ0n) is 19.0. The zero-order valence-corrected chi connectivity index (χ0v) is 19.8. The van der Waals surface area contributed by atoms with Gasteiger partial charge in [0, 0.05) is 12.1 Å². The average Bonchev–Trinajstić information content (AvgIpc) is 3.47. The van der Waals surface area contributed by atoms with Gasteiger partial charge >= 0.3 is 0 Å². The highest BCUT2D eigenvalue weighted by molar-refractivity contribution is 7.98. The van der Waals surface area contributed by atoms with Crippen LogP contribution in [0.4, 0.5) is 0 Å². The molecular formula is C24H27N5O3S. The Kier molecular flexibility index (Phi) is 7.62. The van der Waals surface area contributed by atoms with Crippen LogP contribution in [0.15, 0.2) is 64.3 Å². The molecule has 2 aromatic heterocycles. The molecule has 0 aliphatic heterocycles. The van der Waals surface area contributed by atoms with Gasteiger partial charge < -0.3 is 18.6 Å². The molecule has 33 heavy (non-hydrogen) atoms. The van der Waals surface area contributed by atoms with Crippen molar-refractivity contribution in [2.75, 3.05) is 7.11 Å². The molecule has 0 unspecified atom stereocenters. The van der Waals surface area contributed by atoms with Crippen LogP contribution in [0.1, 0.15) is 32.0 Å². The Bertz CT molecular complexity index is 1160. The summed E-state index contributed by atoms with van der Waals surface area (Å²) in [7, 11) is 1.63. The molecule has 8 nitrogen and oxygen atoms in total. The van der Waals surface area contributed by atoms with Crippen molar-refractivity contribution in [3.8, 4) is 22.9 Å². The summed E-state index contributed by atoms with van der Waals surface area (Å²) in [6, 6.07) is 17.3. The summed E-state index contributed by atoms with van der Waals surface area (Å²) in [6.07, 6.45) is 1.02. The average molecular weight is 466 g/mol. The molecule has 9 heteroatoms. The van der Waals surface area contributed by atoms with Crippen molar-refractivity contribution < 1.29 is 14.0 Å². The van der Waals surface area contributed by atoms with Crippen molar-refractivity contribution in [1.82, 2.24) is 24.9 Å². The normalized spacial score (nSPS) is 11.2. The van der Waals surface area contributed by atoms with Crippen LogP contribution in [-0.4, -0.2) is 32.0 Å². The van der Waals surface area contributed by atoms with Gasteiger partial charge in [-0.3, -0.25) is 0 Å². The van der Waals surface area contributed by atoms with E-state index in [-0.39, 0.29) is 0 Å². The standard InChI is InChI=1S/C24H27N5O3S/c1-17(2)12-13-29-21(15-31-19-9-5-4-6-10-19)26-27-24(29)33-16-22-25-23(28-32-22)18-8-7-11-20(14-18)30-3/h4-11,14,17H,12-13,15-16H2,1-3H3. The van der Waals surface area contributed by atoms with Crippen molar-refractivity contribution in [1.29, 1.82) is 0 Å². The minimum absolute atomic E-state index is 0.357. The van der Waals surface area contributed by atoms with E-state index in [2.05, 4.69) is 38.8 Å². The Labute approximate surface area is 197 Å². The van der Waals surface area contributed by atoms with E-state index in [1.807, 2.05) is 54.6 Å². The van der Waals surface area contributed by atoms with Gasteiger partial charge in [-0.25, -0.2) is 0 Å². The van der Waals surface area contributed by atoms with Crippen LogP contribution in [0, 0.1) is 5.92 Å². The highest BCUT2D eigenvalue weighted by Crippen LogP contribution is 2.26. The molecule has 4 aromatic rings. The van der Waals surface area contributed by atoms with E-state index in [0.717, 1.165) is 41.0 Å². The summed E-state index contributed by atoms with van der Waals surface area (Å²) in [6.45, 7) is 5.58. The maximum atomic E-state index is 5.90. The van der Waals surface area contributed by atoms with Crippen LogP contribution in [0.5, 0.6) is 11.5 Å². The molecule has 0 fully saturated rings. The van der Waals surface area contributed by atoms with E-state index in [9.17, 15) is 0 Å². The first-order valence-corrected chi connectivity index (χ1v) is 11.8. The van der Waals surface area contributed by atoms with Gasteiger partial charge in [0.15, 0.2) is 11.0 Å². The summed E-state index contributed by atoms with van der Waals surface area (Å²) < 4.78 is 18.8.